The van der Waals surface area contributed by atoms with Crippen LogP contribution < -0.4 is 4.90 Å². The molecule has 6 heteroatoms. The van der Waals surface area contributed by atoms with Crippen molar-refractivity contribution in [1.29, 1.82) is 0 Å². The number of carbonyl (C=O) groups excluding carboxylic acids is 1. The molecule has 5 rings (SSSR count). The van der Waals surface area contributed by atoms with Crippen molar-refractivity contribution in [3.63, 3.8) is 0 Å². The van der Waals surface area contributed by atoms with E-state index in [1.54, 1.807) is 6.33 Å². The van der Waals surface area contributed by atoms with Crippen molar-refractivity contribution in [2.75, 3.05) is 31.1 Å². The molecule has 2 aromatic heterocycles. The molecule has 28 heavy (non-hydrogen) atoms. The molecular weight excluding hydrogens is 368 g/mol. The fourth-order valence-corrected chi connectivity index (χ4v) is 6.62. The third-order valence-electron chi connectivity index (χ3n) is 6.88. The van der Waals surface area contributed by atoms with Gasteiger partial charge in [-0.3, -0.25) is 4.79 Å². The summed E-state index contributed by atoms with van der Waals surface area (Å²) < 4.78 is 0. The van der Waals surface area contributed by atoms with E-state index in [0.29, 0.717) is 5.91 Å². The lowest BCUT2D eigenvalue weighted by Gasteiger charge is -2.25. The van der Waals surface area contributed by atoms with Crippen molar-refractivity contribution in [2.45, 2.75) is 58.3 Å². The van der Waals surface area contributed by atoms with Crippen LogP contribution in [0.4, 0.5) is 5.82 Å². The van der Waals surface area contributed by atoms with E-state index in [-0.39, 0.29) is 5.92 Å². The van der Waals surface area contributed by atoms with Crippen LogP contribution in [0, 0.1) is 11.8 Å². The molecule has 0 bridgehead atoms. The summed E-state index contributed by atoms with van der Waals surface area (Å²) in [5.74, 6) is 2.55. The molecule has 0 N–H and O–H groups in total. The predicted octanol–water partition coefficient (Wildman–Crippen LogP) is 4.05. The second-order valence-electron chi connectivity index (χ2n) is 8.88. The second-order valence-corrected chi connectivity index (χ2v) is 9.96. The van der Waals surface area contributed by atoms with Gasteiger partial charge in [-0.05, 0) is 50.0 Å². The molecule has 2 fully saturated rings. The average Bonchev–Trinajstić information content (AvgIpc) is 3.28. The van der Waals surface area contributed by atoms with Crippen LogP contribution in [0.15, 0.2) is 6.33 Å². The maximum absolute atomic E-state index is 12.9. The van der Waals surface area contributed by atoms with Gasteiger partial charge >= 0.3 is 0 Å². The van der Waals surface area contributed by atoms with Crippen molar-refractivity contribution in [2.24, 2.45) is 11.8 Å². The molecule has 3 aliphatic rings. The van der Waals surface area contributed by atoms with Gasteiger partial charge in [0.05, 0.1) is 5.39 Å². The SMILES string of the molecule is C[C@H]1CCc2c(sc3ncnc(N4CCCN(C(=O)C5CCCC5)CC4)c23)C1. The van der Waals surface area contributed by atoms with Gasteiger partial charge in [0.1, 0.15) is 17.0 Å². The van der Waals surface area contributed by atoms with E-state index in [1.807, 2.05) is 11.3 Å². The first-order valence-electron chi connectivity index (χ1n) is 11.0. The van der Waals surface area contributed by atoms with Gasteiger partial charge in [-0.25, -0.2) is 9.97 Å². The zero-order chi connectivity index (χ0) is 19.1. The third kappa shape index (κ3) is 3.30. The molecule has 1 amide bonds. The molecular formula is C22H30N4OS. The Balaban J connectivity index is 1.39. The molecule has 1 saturated carbocycles. The summed E-state index contributed by atoms with van der Waals surface area (Å²) in [7, 11) is 0. The van der Waals surface area contributed by atoms with E-state index in [9.17, 15) is 4.79 Å². The summed E-state index contributed by atoms with van der Waals surface area (Å²) in [4.78, 5) is 29.4. The highest BCUT2D eigenvalue weighted by Gasteiger charge is 2.30. The summed E-state index contributed by atoms with van der Waals surface area (Å²) in [6, 6.07) is 0. The maximum Gasteiger partial charge on any atom is 0.225 e. The highest BCUT2D eigenvalue weighted by atomic mass is 32.1. The number of hydrogen-bond donors (Lipinski definition) is 0. The lowest BCUT2D eigenvalue weighted by atomic mass is 9.89. The Kier molecular flexibility index (Phi) is 4.99. The van der Waals surface area contributed by atoms with Crippen molar-refractivity contribution in [3.8, 4) is 0 Å². The number of amides is 1. The van der Waals surface area contributed by atoms with Gasteiger partial charge in [0.25, 0.3) is 0 Å². The van der Waals surface area contributed by atoms with Crippen LogP contribution in [-0.2, 0) is 17.6 Å². The summed E-state index contributed by atoms with van der Waals surface area (Å²) >= 11 is 1.87. The molecule has 0 unspecified atom stereocenters. The standard InChI is InChI=1S/C22H30N4OS/c1-15-7-8-17-18(13-15)28-21-19(17)20(23-14-24-21)25-9-4-10-26(12-11-25)22(27)16-5-2-3-6-16/h14-16H,2-13H2,1H3/t15-/m0/s1. The van der Waals surface area contributed by atoms with Gasteiger partial charge in [-0.15, -0.1) is 11.3 Å². The van der Waals surface area contributed by atoms with Crippen molar-refractivity contribution in [3.05, 3.63) is 16.8 Å². The lowest BCUT2D eigenvalue weighted by molar-refractivity contribution is -0.135. The Labute approximate surface area is 171 Å². The van der Waals surface area contributed by atoms with E-state index < -0.39 is 0 Å². The molecule has 2 aliphatic carbocycles. The summed E-state index contributed by atoms with van der Waals surface area (Å²) in [6.07, 6.45) is 11.0. The van der Waals surface area contributed by atoms with Crippen LogP contribution in [0.5, 0.6) is 0 Å². The van der Waals surface area contributed by atoms with E-state index >= 15 is 0 Å². The zero-order valence-corrected chi connectivity index (χ0v) is 17.6. The van der Waals surface area contributed by atoms with Crippen LogP contribution >= 0.6 is 11.3 Å². The summed E-state index contributed by atoms with van der Waals surface area (Å²) in [5, 5.41) is 1.30. The van der Waals surface area contributed by atoms with Gasteiger partial charge in [-0.2, -0.15) is 0 Å². The zero-order valence-electron chi connectivity index (χ0n) is 16.8. The second kappa shape index (κ2) is 7.62. The number of rotatable bonds is 2. The fourth-order valence-electron chi connectivity index (χ4n) is 5.28. The largest absolute Gasteiger partial charge is 0.354 e. The summed E-state index contributed by atoms with van der Waals surface area (Å²) in [6.45, 7) is 5.92. The van der Waals surface area contributed by atoms with Gasteiger partial charge in [0, 0.05) is 37.0 Å². The normalized spacial score (nSPS) is 23.8. The van der Waals surface area contributed by atoms with E-state index in [2.05, 4.69) is 21.7 Å². The maximum atomic E-state index is 12.9. The first kappa shape index (κ1) is 18.3. The van der Waals surface area contributed by atoms with Crippen molar-refractivity contribution in [1.82, 2.24) is 14.9 Å². The smallest absolute Gasteiger partial charge is 0.225 e. The number of fused-ring (bicyclic) bond motifs is 3. The number of aromatic nitrogens is 2. The van der Waals surface area contributed by atoms with E-state index in [1.165, 1.54) is 41.5 Å². The Morgan fingerprint density at radius 2 is 1.93 bits per heavy atom. The van der Waals surface area contributed by atoms with Gasteiger partial charge < -0.3 is 9.80 Å². The Hall–Kier alpha value is -1.69. The molecule has 1 atom stereocenters. The number of aryl methyl sites for hydroxylation is 1. The lowest BCUT2D eigenvalue weighted by Crippen LogP contribution is -2.38. The minimum atomic E-state index is 0.281. The van der Waals surface area contributed by atoms with Gasteiger partial charge in [-0.1, -0.05) is 19.8 Å². The number of nitrogens with zero attached hydrogens (tertiary/aromatic N) is 4. The van der Waals surface area contributed by atoms with Crippen molar-refractivity contribution < 1.29 is 4.79 Å². The highest BCUT2D eigenvalue weighted by Crippen LogP contribution is 2.40. The van der Waals surface area contributed by atoms with Gasteiger partial charge in [0.15, 0.2) is 0 Å². The van der Waals surface area contributed by atoms with Crippen LogP contribution in [0.3, 0.4) is 0 Å². The molecule has 0 spiro atoms. The van der Waals surface area contributed by atoms with E-state index in [0.717, 1.165) is 68.4 Å². The van der Waals surface area contributed by atoms with Crippen molar-refractivity contribution >= 4 is 33.3 Å². The molecule has 0 radical (unpaired) electrons. The van der Waals surface area contributed by atoms with Crippen LogP contribution in [-0.4, -0.2) is 47.0 Å². The van der Waals surface area contributed by atoms with E-state index in [4.69, 9.17) is 4.98 Å². The van der Waals surface area contributed by atoms with Crippen LogP contribution in [0.2, 0.25) is 0 Å². The molecule has 1 saturated heterocycles. The van der Waals surface area contributed by atoms with Crippen LogP contribution in [0.1, 0.15) is 55.9 Å². The number of thiophene rings is 1. The Morgan fingerprint density at radius 3 is 2.79 bits per heavy atom. The predicted molar refractivity (Wildman–Crippen MR) is 114 cm³/mol. The van der Waals surface area contributed by atoms with Crippen LogP contribution in [0.25, 0.3) is 10.2 Å². The monoisotopic (exact) mass is 398 g/mol. The Bertz CT molecular complexity index is 873. The fraction of sp³-hybridized carbons (Fsp3) is 0.682. The quantitative estimate of drug-likeness (QED) is 0.766. The molecule has 2 aromatic rings. The first-order valence-corrected chi connectivity index (χ1v) is 11.8. The molecule has 5 nitrogen and oxygen atoms in total. The van der Waals surface area contributed by atoms with Gasteiger partial charge in [0.2, 0.25) is 5.91 Å². The first-order chi connectivity index (χ1) is 13.7. The number of anilines is 1. The molecule has 3 heterocycles. The molecule has 1 aliphatic heterocycles. The Morgan fingerprint density at radius 1 is 1.07 bits per heavy atom. The minimum Gasteiger partial charge on any atom is -0.354 e. The number of carbonyl (C=O) groups is 1. The number of hydrogen-bond acceptors (Lipinski definition) is 5. The third-order valence-corrected chi connectivity index (χ3v) is 8.05. The molecule has 0 aromatic carbocycles. The summed E-state index contributed by atoms with van der Waals surface area (Å²) in [5.41, 5.74) is 1.50. The highest BCUT2D eigenvalue weighted by molar-refractivity contribution is 7.19. The molecule has 150 valence electrons. The minimum absolute atomic E-state index is 0.281. The topological polar surface area (TPSA) is 49.3 Å². The average molecular weight is 399 g/mol.